The Kier molecular flexibility index (Phi) is 3.97. The van der Waals surface area contributed by atoms with Crippen molar-refractivity contribution in [3.63, 3.8) is 0 Å². The molecule has 5 heteroatoms. The van der Waals surface area contributed by atoms with E-state index in [0.29, 0.717) is 23.3 Å². The van der Waals surface area contributed by atoms with E-state index in [4.69, 9.17) is 21.1 Å². The van der Waals surface area contributed by atoms with Crippen LogP contribution in [0, 0.1) is 0 Å². The first-order valence-electron chi connectivity index (χ1n) is 7.09. The van der Waals surface area contributed by atoms with Gasteiger partial charge in [-0.2, -0.15) is 0 Å². The molecule has 1 aliphatic rings. The Morgan fingerprint density at radius 3 is 2.81 bits per heavy atom. The summed E-state index contributed by atoms with van der Waals surface area (Å²) in [6.07, 6.45) is 3.04. The van der Waals surface area contributed by atoms with E-state index in [1.54, 1.807) is 7.11 Å². The molecule has 0 N–H and O–H groups in total. The molecule has 1 aliphatic carbocycles. The Bertz CT molecular complexity index is 674. The van der Waals surface area contributed by atoms with E-state index in [9.17, 15) is 0 Å². The number of methoxy groups -OCH3 is 1. The SMILES string of the molecule is CCOc1ccc(-c2nc(Cl)c3c(n2)CCC3)cc1OC. The highest BCUT2D eigenvalue weighted by atomic mass is 35.5. The fraction of sp³-hybridized carbons (Fsp3) is 0.375. The molecular weight excluding hydrogens is 288 g/mol. The largest absolute Gasteiger partial charge is 0.493 e. The molecule has 0 atom stereocenters. The lowest BCUT2D eigenvalue weighted by Gasteiger charge is -2.11. The molecular formula is C16H17ClN2O2. The van der Waals surface area contributed by atoms with Gasteiger partial charge in [-0.25, -0.2) is 9.97 Å². The summed E-state index contributed by atoms with van der Waals surface area (Å²) >= 11 is 6.27. The number of fused-ring (bicyclic) bond motifs is 1. The maximum atomic E-state index is 6.27. The predicted molar refractivity (Wildman–Crippen MR) is 82.2 cm³/mol. The zero-order chi connectivity index (χ0) is 14.8. The first kappa shape index (κ1) is 14.1. The maximum absolute atomic E-state index is 6.27. The van der Waals surface area contributed by atoms with Crippen molar-refractivity contribution in [2.45, 2.75) is 26.2 Å². The minimum absolute atomic E-state index is 0.570. The lowest BCUT2D eigenvalue weighted by atomic mass is 10.1. The van der Waals surface area contributed by atoms with E-state index in [0.717, 1.165) is 41.8 Å². The number of aromatic nitrogens is 2. The molecule has 3 rings (SSSR count). The van der Waals surface area contributed by atoms with E-state index >= 15 is 0 Å². The van der Waals surface area contributed by atoms with Gasteiger partial charge in [-0.15, -0.1) is 0 Å². The highest BCUT2D eigenvalue weighted by Crippen LogP contribution is 2.33. The Morgan fingerprint density at radius 1 is 1.19 bits per heavy atom. The summed E-state index contributed by atoms with van der Waals surface area (Å²) in [5.74, 6) is 2.03. The van der Waals surface area contributed by atoms with Crippen LogP contribution in [0.4, 0.5) is 0 Å². The van der Waals surface area contributed by atoms with Gasteiger partial charge in [0.05, 0.1) is 13.7 Å². The van der Waals surface area contributed by atoms with Crippen molar-refractivity contribution in [3.8, 4) is 22.9 Å². The average Bonchev–Trinajstić information content (AvgIpc) is 2.97. The fourth-order valence-corrected chi connectivity index (χ4v) is 2.88. The summed E-state index contributed by atoms with van der Waals surface area (Å²) in [6.45, 7) is 2.54. The number of hydrogen-bond acceptors (Lipinski definition) is 4. The number of nitrogens with zero attached hydrogens (tertiary/aromatic N) is 2. The van der Waals surface area contributed by atoms with Crippen LogP contribution >= 0.6 is 11.6 Å². The topological polar surface area (TPSA) is 44.2 Å². The molecule has 0 radical (unpaired) electrons. The van der Waals surface area contributed by atoms with Crippen LogP contribution in [0.1, 0.15) is 24.6 Å². The number of aryl methyl sites for hydroxylation is 1. The third-order valence-electron chi connectivity index (χ3n) is 3.60. The van der Waals surface area contributed by atoms with E-state index in [1.807, 2.05) is 25.1 Å². The summed E-state index contributed by atoms with van der Waals surface area (Å²) in [4.78, 5) is 9.07. The van der Waals surface area contributed by atoms with Crippen molar-refractivity contribution >= 4 is 11.6 Å². The van der Waals surface area contributed by atoms with Gasteiger partial charge in [0.2, 0.25) is 0 Å². The molecule has 0 spiro atoms. The molecule has 0 bridgehead atoms. The number of hydrogen-bond donors (Lipinski definition) is 0. The minimum atomic E-state index is 0.570. The van der Waals surface area contributed by atoms with Crippen molar-refractivity contribution in [1.82, 2.24) is 9.97 Å². The zero-order valence-corrected chi connectivity index (χ0v) is 12.9. The Balaban J connectivity index is 2.03. The molecule has 1 heterocycles. The van der Waals surface area contributed by atoms with Gasteiger partial charge < -0.3 is 9.47 Å². The van der Waals surface area contributed by atoms with Crippen molar-refractivity contribution in [2.75, 3.05) is 13.7 Å². The van der Waals surface area contributed by atoms with Gasteiger partial charge in [0, 0.05) is 16.8 Å². The van der Waals surface area contributed by atoms with Gasteiger partial charge in [-0.1, -0.05) is 11.6 Å². The summed E-state index contributed by atoms with van der Waals surface area (Å²) in [6, 6.07) is 5.70. The van der Waals surface area contributed by atoms with Crippen LogP contribution in [0.3, 0.4) is 0 Å². The molecule has 4 nitrogen and oxygen atoms in total. The third-order valence-corrected chi connectivity index (χ3v) is 3.92. The summed E-state index contributed by atoms with van der Waals surface area (Å²) < 4.78 is 10.9. The highest BCUT2D eigenvalue weighted by Gasteiger charge is 2.19. The molecule has 0 unspecified atom stereocenters. The van der Waals surface area contributed by atoms with E-state index in [1.165, 1.54) is 0 Å². The van der Waals surface area contributed by atoms with Crippen LogP contribution in [0.15, 0.2) is 18.2 Å². The summed E-state index contributed by atoms with van der Waals surface area (Å²) in [5, 5.41) is 0.570. The zero-order valence-electron chi connectivity index (χ0n) is 12.1. The quantitative estimate of drug-likeness (QED) is 0.808. The second kappa shape index (κ2) is 5.90. The van der Waals surface area contributed by atoms with Crippen molar-refractivity contribution in [1.29, 1.82) is 0 Å². The standard InChI is InChI=1S/C16H17ClN2O2/c1-3-21-13-8-7-10(9-14(13)20-2)16-18-12-6-4-5-11(12)15(17)19-16/h7-9H,3-6H2,1-2H3. The fourth-order valence-electron chi connectivity index (χ4n) is 2.60. The molecule has 0 saturated heterocycles. The molecule has 0 fully saturated rings. The monoisotopic (exact) mass is 304 g/mol. The normalized spacial score (nSPS) is 13.1. The molecule has 110 valence electrons. The number of ether oxygens (including phenoxy) is 2. The number of halogens is 1. The predicted octanol–water partition coefficient (Wildman–Crippen LogP) is 3.69. The number of rotatable bonds is 4. The van der Waals surface area contributed by atoms with Crippen LogP contribution in [0.2, 0.25) is 5.15 Å². The molecule has 0 amide bonds. The van der Waals surface area contributed by atoms with Crippen LogP contribution in [0.25, 0.3) is 11.4 Å². The van der Waals surface area contributed by atoms with Crippen molar-refractivity contribution in [2.24, 2.45) is 0 Å². The minimum Gasteiger partial charge on any atom is -0.493 e. The van der Waals surface area contributed by atoms with Crippen LogP contribution in [0.5, 0.6) is 11.5 Å². The van der Waals surface area contributed by atoms with Crippen LogP contribution in [-0.4, -0.2) is 23.7 Å². The lowest BCUT2D eigenvalue weighted by molar-refractivity contribution is 0.311. The first-order chi connectivity index (χ1) is 10.2. The Hall–Kier alpha value is -1.81. The van der Waals surface area contributed by atoms with Gasteiger partial charge in [0.1, 0.15) is 5.15 Å². The molecule has 0 aliphatic heterocycles. The molecule has 21 heavy (non-hydrogen) atoms. The van der Waals surface area contributed by atoms with Gasteiger partial charge in [0.25, 0.3) is 0 Å². The van der Waals surface area contributed by atoms with Crippen LogP contribution < -0.4 is 9.47 Å². The second-order valence-electron chi connectivity index (χ2n) is 4.92. The van der Waals surface area contributed by atoms with Gasteiger partial charge in [-0.3, -0.25) is 0 Å². The molecule has 0 saturated carbocycles. The first-order valence-corrected chi connectivity index (χ1v) is 7.47. The molecule has 2 aromatic rings. The van der Waals surface area contributed by atoms with Crippen molar-refractivity contribution in [3.05, 3.63) is 34.6 Å². The van der Waals surface area contributed by atoms with E-state index < -0.39 is 0 Å². The Labute approximate surface area is 129 Å². The second-order valence-corrected chi connectivity index (χ2v) is 5.27. The smallest absolute Gasteiger partial charge is 0.161 e. The lowest BCUT2D eigenvalue weighted by Crippen LogP contribution is -1.99. The number of benzene rings is 1. The van der Waals surface area contributed by atoms with Gasteiger partial charge in [0.15, 0.2) is 17.3 Å². The van der Waals surface area contributed by atoms with E-state index in [2.05, 4.69) is 9.97 Å². The average molecular weight is 305 g/mol. The van der Waals surface area contributed by atoms with Crippen molar-refractivity contribution < 1.29 is 9.47 Å². The Morgan fingerprint density at radius 2 is 2.05 bits per heavy atom. The van der Waals surface area contributed by atoms with Gasteiger partial charge in [-0.05, 0) is 44.4 Å². The highest BCUT2D eigenvalue weighted by molar-refractivity contribution is 6.30. The molecule has 1 aromatic heterocycles. The molecule has 1 aromatic carbocycles. The third kappa shape index (κ3) is 2.68. The van der Waals surface area contributed by atoms with E-state index in [-0.39, 0.29) is 0 Å². The summed E-state index contributed by atoms with van der Waals surface area (Å²) in [7, 11) is 1.62. The maximum Gasteiger partial charge on any atom is 0.161 e. The summed E-state index contributed by atoms with van der Waals surface area (Å²) in [5.41, 5.74) is 3.04. The van der Waals surface area contributed by atoms with Crippen LogP contribution in [-0.2, 0) is 12.8 Å². The van der Waals surface area contributed by atoms with Gasteiger partial charge >= 0.3 is 0 Å².